The lowest BCUT2D eigenvalue weighted by molar-refractivity contribution is 0.0613. The van der Waals surface area contributed by atoms with Crippen molar-refractivity contribution in [1.29, 1.82) is 0 Å². The predicted octanol–water partition coefficient (Wildman–Crippen LogP) is 2.04. The van der Waals surface area contributed by atoms with Gasteiger partial charge in [0.2, 0.25) is 0 Å². The molecule has 0 atom stereocenters. The van der Waals surface area contributed by atoms with E-state index in [0.29, 0.717) is 17.9 Å². The molecule has 0 spiro atoms. The molecule has 0 saturated heterocycles. The van der Waals surface area contributed by atoms with Crippen molar-refractivity contribution in [2.45, 2.75) is 31.3 Å². The zero-order chi connectivity index (χ0) is 14.9. The molecule has 0 aliphatic heterocycles. The number of hydrogen-bond acceptors (Lipinski definition) is 5. The van der Waals surface area contributed by atoms with E-state index < -0.39 is 11.6 Å². The number of aliphatic hydroxyl groups is 1. The number of nitrogens with zero attached hydrogens (tertiary/aromatic N) is 2. The van der Waals surface area contributed by atoms with Gasteiger partial charge in [-0.2, -0.15) is 0 Å². The van der Waals surface area contributed by atoms with Gasteiger partial charge in [0.05, 0.1) is 16.7 Å². The molecule has 1 fully saturated rings. The van der Waals surface area contributed by atoms with E-state index in [2.05, 4.69) is 15.3 Å². The molecular formula is C15H17N3O3. The van der Waals surface area contributed by atoms with Crippen molar-refractivity contribution in [3.63, 3.8) is 0 Å². The molecule has 0 amide bonds. The van der Waals surface area contributed by atoms with E-state index in [0.717, 1.165) is 31.1 Å². The predicted molar refractivity (Wildman–Crippen MR) is 78.4 cm³/mol. The fourth-order valence-corrected chi connectivity index (χ4v) is 2.79. The van der Waals surface area contributed by atoms with Crippen LogP contribution >= 0.6 is 0 Å². The Morgan fingerprint density at radius 1 is 1.29 bits per heavy atom. The zero-order valence-corrected chi connectivity index (χ0v) is 11.5. The van der Waals surface area contributed by atoms with Crippen LogP contribution in [-0.2, 0) is 0 Å². The molecule has 0 bridgehead atoms. The normalized spacial score (nSPS) is 17.0. The number of fused-ring (bicyclic) bond motifs is 1. The lowest BCUT2D eigenvalue weighted by Gasteiger charge is -2.23. The number of hydrogen-bond donors (Lipinski definition) is 3. The first kappa shape index (κ1) is 13.8. The van der Waals surface area contributed by atoms with E-state index in [1.807, 2.05) is 0 Å². The van der Waals surface area contributed by atoms with Crippen LogP contribution in [0.15, 0.2) is 24.5 Å². The third-order valence-electron chi connectivity index (χ3n) is 4.00. The molecule has 0 radical (unpaired) electrons. The van der Waals surface area contributed by atoms with Crippen molar-refractivity contribution in [3.8, 4) is 0 Å². The second-order valence-corrected chi connectivity index (χ2v) is 5.54. The minimum absolute atomic E-state index is 0.196. The average molecular weight is 287 g/mol. The second-order valence-electron chi connectivity index (χ2n) is 5.54. The highest BCUT2D eigenvalue weighted by Gasteiger charge is 2.30. The Morgan fingerprint density at radius 2 is 2.05 bits per heavy atom. The summed E-state index contributed by atoms with van der Waals surface area (Å²) in [5.41, 5.74) is 0.102. The van der Waals surface area contributed by atoms with E-state index in [-0.39, 0.29) is 5.56 Å². The first-order chi connectivity index (χ1) is 10.1. The largest absolute Gasteiger partial charge is 0.478 e. The van der Waals surface area contributed by atoms with Crippen LogP contribution in [0.1, 0.15) is 36.0 Å². The monoisotopic (exact) mass is 287 g/mol. The van der Waals surface area contributed by atoms with Gasteiger partial charge < -0.3 is 15.5 Å². The van der Waals surface area contributed by atoms with Crippen LogP contribution in [-0.4, -0.2) is 38.3 Å². The Morgan fingerprint density at radius 3 is 2.76 bits per heavy atom. The van der Waals surface area contributed by atoms with Crippen molar-refractivity contribution in [2.24, 2.45) is 0 Å². The molecule has 3 rings (SSSR count). The van der Waals surface area contributed by atoms with Crippen LogP contribution in [0.4, 0.5) is 5.82 Å². The molecule has 1 heterocycles. The average Bonchev–Trinajstić information content (AvgIpc) is 2.91. The van der Waals surface area contributed by atoms with Crippen molar-refractivity contribution in [2.75, 3.05) is 11.9 Å². The molecule has 1 aliphatic rings. The molecule has 6 heteroatoms. The second kappa shape index (κ2) is 5.29. The van der Waals surface area contributed by atoms with Gasteiger partial charge in [-0.3, -0.25) is 0 Å². The molecule has 110 valence electrons. The van der Waals surface area contributed by atoms with Gasteiger partial charge >= 0.3 is 5.97 Å². The highest BCUT2D eigenvalue weighted by molar-refractivity contribution is 5.96. The van der Waals surface area contributed by atoms with E-state index in [4.69, 9.17) is 5.11 Å². The highest BCUT2D eigenvalue weighted by atomic mass is 16.4. The minimum Gasteiger partial charge on any atom is -0.478 e. The highest BCUT2D eigenvalue weighted by Crippen LogP contribution is 2.30. The number of aromatic carboxylic acids is 1. The van der Waals surface area contributed by atoms with Gasteiger partial charge in [-0.25, -0.2) is 14.8 Å². The van der Waals surface area contributed by atoms with E-state index in [1.54, 1.807) is 6.07 Å². The van der Waals surface area contributed by atoms with Crippen LogP contribution in [0.2, 0.25) is 0 Å². The fraction of sp³-hybridized carbons (Fsp3) is 0.400. The summed E-state index contributed by atoms with van der Waals surface area (Å²) in [5.74, 6) is -0.359. The number of aromatic nitrogens is 2. The van der Waals surface area contributed by atoms with Gasteiger partial charge in [-0.15, -0.1) is 0 Å². The Labute approximate surface area is 121 Å². The van der Waals surface area contributed by atoms with E-state index >= 15 is 0 Å². The Balaban J connectivity index is 1.86. The Bertz CT molecular complexity index is 681. The molecule has 1 aromatic heterocycles. The summed E-state index contributed by atoms with van der Waals surface area (Å²) in [5, 5.41) is 23.3. The zero-order valence-electron chi connectivity index (χ0n) is 11.5. The van der Waals surface area contributed by atoms with E-state index in [1.165, 1.54) is 18.5 Å². The van der Waals surface area contributed by atoms with Crippen molar-refractivity contribution in [3.05, 3.63) is 30.1 Å². The van der Waals surface area contributed by atoms with Gasteiger partial charge in [0, 0.05) is 11.9 Å². The third kappa shape index (κ3) is 2.80. The molecule has 6 nitrogen and oxygen atoms in total. The summed E-state index contributed by atoms with van der Waals surface area (Å²) in [6.45, 7) is 0.444. The lowest BCUT2D eigenvalue weighted by Crippen LogP contribution is -2.33. The summed E-state index contributed by atoms with van der Waals surface area (Å²) in [6.07, 6.45) is 5.09. The number of carbonyl (C=O) groups is 1. The number of anilines is 1. The maximum atomic E-state index is 11.0. The summed E-state index contributed by atoms with van der Waals surface area (Å²) >= 11 is 0. The van der Waals surface area contributed by atoms with Gasteiger partial charge in [0.1, 0.15) is 12.1 Å². The lowest BCUT2D eigenvalue weighted by atomic mass is 10.0. The number of rotatable bonds is 4. The van der Waals surface area contributed by atoms with Crippen LogP contribution < -0.4 is 5.32 Å². The molecule has 2 aromatic rings. The number of benzene rings is 1. The number of carboxylic acid groups (broad SMARTS) is 1. The number of nitrogens with one attached hydrogen (secondary N) is 1. The summed E-state index contributed by atoms with van der Waals surface area (Å²) in [6, 6.07) is 4.75. The first-order valence-corrected chi connectivity index (χ1v) is 7.02. The maximum Gasteiger partial charge on any atom is 0.335 e. The molecule has 1 saturated carbocycles. The molecule has 1 aliphatic carbocycles. The van der Waals surface area contributed by atoms with Gasteiger partial charge in [0.15, 0.2) is 0 Å². The maximum absolute atomic E-state index is 11.0. The summed E-state index contributed by atoms with van der Waals surface area (Å²) in [7, 11) is 0. The van der Waals surface area contributed by atoms with E-state index in [9.17, 15) is 9.90 Å². The third-order valence-corrected chi connectivity index (χ3v) is 4.00. The van der Waals surface area contributed by atoms with Crippen LogP contribution in [0.5, 0.6) is 0 Å². The van der Waals surface area contributed by atoms with Crippen LogP contribution in [0.3, 0.4) is 0 Å². The quantitative estimate of drug-likeness (QED) is 0.796. The smallest absolute Gasteiger partial charge is 0.335 e. The summed E-state index contributed by atoms with van der Waals surface area (Å²) in [4.78, 5) is 19.3. The molecule has 1 aromatic carbocycles. The molecular weight excluding hydrogens is 270 g/mol. The summed E-state index contributed by atoms with van der Waals surface area (Å²) < 4.78 is 0. The molecule has 3 N–H and O–H groups in total. The van der Waals surface area contributed by atoms with Crippen LogP contribution in [0, 0.1) is 0 Å². The molecule has 0 unspecified atom stereocenters. The first-order valence-electron chi connectivity index (χ1n) is 7.02. The van der Waals surface area contributed by atoms with Crippen LogP contribution in [0.25, 0.3) is 10.9 Å². The topological polar surface area (TPSA) is 95.3 Å². The minimum atomic E-state index is -0.981. The Hall–Kier alpha value is -2.21. The van der Waals surface area contributed by atoms with Gasteiger partial charge in [-0.05, 0) is 31.0 Å². The van der Waals surface area contributed by atoms with Gasteiger partial charge in [-0.1, -0.05) is 12.8 Å². The molecule has 21 heavy (non-hydrogen) atoms. The van der Waals surface area contributed by atoms with Crippen molar-refractivity contribution in [1.82, 2.24) is 9.97 Å². The Kier molecular flexibility index (Phi) is 3.47. The SMILES string of the molecule is O=C(O)c1ccc2c(NCC3(O)CCCC3)ncnc2c1. The van der Waals surface area contributed by atoms with Crippen molar-refractivity contribution < 1.29 is 15.0 Å². The van der Waals surface area contributed by atoms with Gasteiger partial charge in [0.25, 0.3) is 0 Å². The number of carboxylic acids is 1. The standard InChI is InChI=1S/C15H17N3O3/c19-14(20)10-3-4-11-12(7-10)17-9-18-13(11)16-8-15(21)5-1-2-6-15/h3-4,7,9,21H,1-2,5-6,8H2,(H,19,20)(H,16,17,18). The van der Waals surface area contributed by atoms with Crippen molar-refractivity contribution >= 4 is 22.7 Å². The fourth-order valence-electron chi connectivity index (χ4n) is 2.79.